The maximum absolute atomic E-state index is 6.69. The number of furan rings is 1. The summed E-state index contributed by atoms with van der Waals surface area (Å²) in [6.07, 6.45) is 0. The molecule has 3 aliphatic carbocycles. The minimum absolute atomic E-state index is 0.504. The summed E-state index contributed by atoms with van der Waals surface area (Å²) in [4.78, 5) is 2.44. The van der Waals surface area contributed by atoms with E-state index in [0.29, 0.717) is 0 Å². The molecule has 422 valence electrons. The number of fused-ring (bicyclic) bond motifs is 22. The fourth-order valence-corrected chi connectivity index (χ4v) is 16.9. The van der Waals surface area contributed by atoms with E-state index in [1.54, 1.807) is 0 Å². The molecular formula is C88H54N2O. The van der Waals surface area contributed by atoms with Crippen molar-refractivity contribution < 1.29 is 4.42 Å². The van der Waals surface area contributed by atoms with E-state index in [9.17, 15) is 0 Å². The van der Waals surface area contributed by atoms with E-state index in [4.69, 9.17) is 4.42 Å². The first kappa shape index (κ1) is 50.2. The average Bonchev–Trinajstić information content (AvgIpc) is 1.53. The Balaban J connectivity index is 0.802. The lowest BCUT2D eigenvalue weighted by atomic mass is 9.67. The lowest BCUT2D eigenvalue weighted by Crippen LogP contribution is -2.28. The summed E-state index contributed by atoms with van der Waals surface area (Å²) in [5, 5.41) is 9.53. The summed E-state index contributed by atoms with van der Waals surface area (Å²) in [7, 11) is 0. The molecule has 0 unspecified atom stereocenters. The molecule has 91 heavy (non-hydrogen) atoms. The zero-order chi connectivity index (χ0) is 59.5. The molecule has 0 atom stereocenters. The van der Waals surface area contributed by atoms with Gasteiger partial charge in [-0.3, -0.25) is 0 Å². The third-order valence-corrected chi connectivity index (χ3v) is 20.6. The molecule has 0 amide bonds. The fraction of sp³-hybridized carbons (Fsp3) is 0.0227. The van der Waals surface area contributed by atoms with Crippen molar-refractivity contribution >= 4 is 82.4 Å². The smallest absolute Gasteiger partial charge is 0.137 e. The van der Waals surface area contributed by atoms with Crippen LogP contribution in [0.15, 0.2) is 332 Å². The maximum Gasteiger partial charge on any atom is 0.137 e. The first-order valence-corrected chi connectivity index (χ1v) is 31.6. The molecule has 0 N–H and O–H groups in total. The molecule has 0 bridgehead atoms. The van der Waals surface area contributed by atoms with Gasteiger partial charge in [0.1, 0.15) is 11.2 Å². The normalized spacial score (nSPS) is 13.7. The van der Waals surface area contributed by atoms with Gasteiger partial charge in [-0.2, -0.15) is 0 Å². The summed E-state index contributed by atoms with van der Waals surface area (Å²) in [5.74, 6) is 0. The molecular weight excluding hydrogens is 1100 g/mol. The molecule has 0 saturated carbocycles. The van der Waals surface area contributed by atoms with Crippen molar-refractivity contribution in [2.75, 3.05) is 4.90 Å². The van der Waals surface area contributed by atoms with E-state index in [0.717, 1.165) is 61.3 Å². The van der Waals surface area contributed by atoms with E-state index in [-0.39, 0.29) is 0 Å². The maximum atomic E-state index is 6.69. The van der Waals surface area contributed by atoms with Gasteiger partial charge in [-0.1, -0.05) is 243 Å². The molecule has 17 aromatic rings. The first-order valence-electron chi connectivity index (χ1n) is 31.6. The van der Waals surface area contributed by atoms with Gasteiger partial charge in [0.05, 0.1) is 21.9 Å². The van der Waals surface area contributed by atoms with E-state index >= 15 is 0 Å². The second kappa shape index (κ2) is 18.9. The summed E-state index contributed by atoms with van der Waals surface area (Å²) in [6.45, 7) is 0. The minimum Gasteiger partial charge on any atom is -0.456 e. The van der Waals surface area contributed by atoms with Crippen molar-refractivity contribution in [2.24, 2.45) is 0 Å². The number of aromatic nitrogens is 1. The molecule has 3 aliphatic rings. The molecule has 0 radical (unpaired) electrons. The Bertz CT molecular complexity index is 5800. The molecule has 0 saturated heterocycles. The Morgan fingerprint density at radius 2 is 0.802 bits per heavy atom. The van der Waals surface area contributed by atoms with Crippen LogP contribution in [0.5, 0.6) is 0 Å². The Hall–Kier alpha value is -11.8. The molecule has 3 heteroatoms. The number of hydrogen-bond donors (Lipinski definition) is 0. The summed E-state index contributed by atoms with van der Waals surface area (Å²) < 4.78 is 9.23. The molecule has 2 aromatic heterocycles. The van der Waals surface area contributed by atoms with Gasteiger partial charge in [0.2, 0.25) is 0 Å². The van der Waals surface area contributed by atoms with Gasteiger partial charge in [0.25, 0.3) is 0 Å². The van der Waals surface area contributed by atoms with Gasteiger partial charge in [-0.05, 0) is 184 Å². The van der Waals surface area contributed by atoms with Crippen LogP contribution in [-0.4, -0.2) is 4.57 Å². The van der Waals surface area contributed by atoms with Crippen molar-refractivity contribution in [1.29, 1.82) is 0 Å². The van der Waals surface area contributed by atoms with Crippen molar-refractivity contribution in [3.8, 4) is 50.2 Å². The predicted octanol–water partition coefficient (Wildman–Crippen LogP) is 22.8. The van der Waals surface area contributed by atoms with E-state index in [1.807, 2.05) is 0 Å². The highest BCUT2D eigenvalue weighted by atomic mass is 16.3. The van der Waals surface area contributed by atoms with Gasteiger partial charge in [-0.15, -0.1) is 0 Å². The molecule has 15 aromatic carbocycles. The second-order valence-corrected chi connectivity index (χ2v) is 25.0. The van der Waals surface area contributed by atoms with Crippen molar-refractivity contribution in [2.45, 2.75) is 10.8 Å². The van der Waals surface area contributed by atoms with Gasteiger partial charge >= 0.3 is 0 Å². The van der Waals surface area contributed by atoms with Gasteiger partial charge in [0.15, 0.2) is 0 Å². The van der Waals surface area contributed by atoms with Crippen molar-refractivity contribution in [1.82, 2.24) is 4.57 Å². The van der Waals surface area contributed by atoms with Crippen molar-refractivity contribution in [3.05, 3.63) is 372 Å². The third kappa shape index (κ3) is 6.87. The van der Waals surface area contributed by atoms with E-state index < -0.39 is 10.8 Å². The van der Waals surface area contributed by atoms with Crippen LogP contribution in [0.25, 0.3) is 115 Å². The molecule has 1 spiro atoms. The Labute approximate surface area is 526 Å². The minimum atomic E-state index is -0.631. The second-order valence-electron chi connectivity index (χ2n) is 25.0. The molecule has 20 rings (SSSR count). The molecule has 0 aliphatic heterocycles. The van der Waals surface area contributed by atoms with Crippen LogP contribution in [0, 0.1) is 0 Å². The van der Waals surface area contributed by atoms with Crippen LogP contribution in [0.1, 0.15) is 44.5 Å². The lowest BCUT2D eigenvalue weighted by molar-refractivity contribution is 0.669. The number of benzene rings is 15. The lowest BCUT2D eigenvalue weighted by Gasteiger charge is -2.34. The highest BCUT2D eigenvalue weighted by molar-refractivity contribution is 6.17. The number of rotatable bonds is 7. The number of para-hydroxylation sites is 2. The summed E-state index contributed by atoms with van der Waals surface area (Å²) in [6, 6.07) is 123. The van der Waals surface area contributed by atoms with Crippen LogP contribution in [0.4, 0.5) is 17.1 Å². The number of hydrogen-bond acceptors (Lipinski definition) is 2. The monoisotopic (exact) mass is 1150 g/mol. The summed E-state index contributed by atoms with van der Waals surface area (Å²) >= 11 is 0. The summed E-state index contributed by atoms with van der Waals surface area (Å²) in [5.41, 5.74) is 27.4. The van der Waals surface area contributed by atoms with Crippen LogP contribution in [0.3, 0.4) is 0 Å². The molecule has 2 heterocycles. The van der Waals surface area contributed by atoms with Crippen LogP contribution in [-0.2, 0) is 10.8 Å². The fourth-order valence-electron chi connectivity index (χ4n) is 16.9. The largest absolute Gasteiger partial charge is 0.456 e. The van der Waals surface area contributed by atoms with E-state index in [2.05, 4.69) is 337 Å². The first-order chi connectivity index (χ1) is 45.1. The topological polar surface area (TPSA) is 21.3 Å². The molecule has 0 fully saturated rings. The van der Waals surface area contributed by atoms with E-state index in [1.165, 1.54) is 116 Å². The zero-order valence-corrected chi connectivity index (χ0v) is 49.5. The Morgan fingerprint density at radius 1 is 0.275 bits per heavy atom. The SMILES string of the molecule is c1ccc(-n2c3ccc(-c4cccc(N(c5ccc6c(c5)C5(c7ccccc7-c7ccccc75)c5ccccc5-6)c5ccc6c(c5)oc5ccccc56)c4)cc3c3ccc4c(c32)-c2ccccc2C4(c2ccc3ccccc3c2)c2ccc3ccccc3c2)cc1. The Kier molecular flexibility index (Phi) is 10.4. The average molecular weight is 1160 g/mol. The van der Waals surface area contributed by atoms with Crippen LogP contribution in [0.2, 0.25) is 0 Å². The highest BCUT2D eigenvalue weighted by Gasteiger charge is 2.52. The van der Waals surface area contributed by atoms with Crippen molar-refractivity contribution in [3.63, 3.8) is 0 Å². The van der Waals surface area contributed by atoms with Gasteiger partial charge in [-0.25, -0.2) is 0 Å². The third-order valence-electron chi connectivity index (χ3n) is 20.6. The van der Waals surface area contributed by atoms with Crippen LogP contribution < -0.4 is 4.90 Å². The standard InChI is InChI=1S/C88H54N2O/c1-2-24-63(25-3-1)90-82-48-39-60(52-75(82)73-46-47-80-85(86(73)90)74-31-11-16-35-79(74)87(80,61-40-37-55-19-4-6-21-57(55)49-61)62-41-38-56-20-5-7-22-58(56)50-62)59-23-18-26-64(51-59)89(66-43-45-72-71-30-12-17-36-83(71)91-84(72)54-66)65-42-44-70-69-29-10-15-34-78(69)88(81(70)53-65)76-32-13-8-27-67(76)68-28-9-14-33-77(68)88/h1-54H. The zero-order valence-electron chi connectivity index (χ0n) is 49.5. The number of nitrogens with zero attached hydrogens (tertiary/aromatic N) is 2. The molecule has 3 nitrogen and oxygen atoms in total. The highest BCUT2D eigenvalue weighted by Crippen LogP contribution is 2.64. The van der Waals surface area contributed by atoms with Gasteiger partial charge in [0, 0.05) is 55.9 Å². The van der Waals surface area contributed by atoms with Gasteiger partial charge < -0.3 is 13.9 Å². The number of anilines is 3. The Morgan fingerprint density at radius 3 is 1.49 bits per heavy atom. The predicted molar refractivity (Wildman–Crippen MR) is 377 cm³/mol. The van der Waals surface area contributed by atoms with Crippen LogP contribution >= 0.6 is 0 Å². The quantitative estimate of drug-likeness (QED) is 0.159.